The van der Waals surface area contributed by atoms with Crippen LogP contribution >= 0.6 is 11.6 Å². The van der Waals surface area contributed by atoms with Crippen molar-refractivity contribution >= 4 is 11.6 Å². The van der Waals surface area contributed by atoms with Crippen molar-refractivity contribution in [2.75, 3.05) is 0 Å². The molecule has 0 atom stereocenters. The van der Waals surface area contributed by atoms with Crippen molar-refractivity contribution in [3.05, 3.63) is 47.0 Å². The molecular weight excluding hydrogens is 253 g/mol. The SMILES string of the molecule is Cc1ncn(-c2ccc(Cl)cc2)c1C(F)(F)F. The first-order valence-corrected chi connectivity index (χ1v) is 5.14. The molecule has 1 aromatic carbocycles. The van der Waals surface area contributed by atoms with Gasteiger partial charge >= 0.3 is 6.18 Å². The lowest BCUT2D eigenvalue weighted by Gasteiger charge is -2.11. The number of rotatable bonds is 1. The fraction of sp³-hybridized carbons (Fsp3) is 0.182. The molecule has 1 heterocycles. The highest BCUT2D eigenvalue weighted by Crippen LogP contribution is 2.33. The molecular formula is C11H8ClF3N2. The summed E-state index contributed by atoms with van der Waals surface area (Å²) < 4.78 is 39.5. The number of hydrogen-bond acceptors (Lipinski definition) is 1. The molecule has 0 aliphatic heterocycles. The zero-order chi connectivity index (χ0) is 12.6. The summed E-state index contributed by atoms with van der Waals surface area (Å²) in [5.74, 6) is 0. The third-order valence-electron chi connectivity index (χ3n) is 2.32. The molecule has 0 saturated heterocycles. The predicted octanol–water partition coefficient (Wildman–Crippen LogP) is 3.85. The lowest BCUT2D eigenvalue weighted by molar-refractivity contribution is -0.142. The molecule has 1 aromatic heterocycles. The molecule has 0 saturated carbocycles. The molecule has 0 aliphatic rings. The van der Waals surface area contributed by atoms with Crippen LogP contribution < -0.4 is 0 Å². The number of alkyl halides is 3. The van der Waals surface area contributed by atoms with Gasteiger partial charge in [0.15, 0.2) is 5.69 Å². The van der Waals surface area contributed by atoms with Gasteiger partial charge in [0.05, 0.1) is 12.0 Å². The van der Waals surface area contributed by atoms with Crippen LogP contribution in [-0.2, 0) is 6.18 Å². The molecule has 0 unspecified atom stereocenters. The Morgan fingerprint density at radius 3 is 2.29 bits per heavy atom. The van der Waals surface area contributed by atoms with E-state index in [1.807, 2.05) is 0 Å². The molecule has 2 rings (SSSR count). The quantitative estimate of drug-likeness (QED) is 0.761. The van der Waals surface area contributed by atoms with E-state index >= 15 is 0 Å². The molecule has 90 valence electrons. The van der Waals surface area contributed by atoms with Crippen LogP contribution in [0.25, 0.3) is 5.69 Å². The van der Waals surface area contributed by atoms with Crippen LogP contribution in [-0.4, -0.2) is 9.55 Å². The molecule has 0 spiro atoms. The van der Waals surface area contributed by atoms with Crippen molar-refractivity contribution in [2.24, 2.45) is 0 Å². The van der Waals surface area contributed by atoms with E-state index in [1.54, 1.807) is 0 Å². The van der Waals surface area contributed by atoms with Gasteiger partial charge in [-0.05, 0) is 31.2 Å². The van der Waals surface area contributed by atoms with Crippen LogP contribution in [0.4, 0.5) is 13.2 Å². The molecule has 0 aliphatic carbocycles. The van der Waals surface area contributed by atoms with Crippen molar-refractivity contribution in [3.63, 3.8) is 0 Å². The second-order valence-corrected chi connectivity index (χ2v) is 3.96. The Morgan fingerprint density at radius 1 is 1.18 bits per heavy atom. The first-order valence-electron chi connectivity index (χ1n) is 4.76. The van der Waals surface area contributed by atoms with Gasteiger partial charge in [-0.2, -0.15) is 13.2 Å². The molecule has 2 aromatic rings. The summed E-state index contributed by atoms with van der Waals surface area (Å²) in [5, 5.41) is 0.471. The summed E-state index contributed by atoms with van der Waals surface area (Å²) in [6.07, 6.45) is -3.28. The van der Waals surface area contributed by atoms with Gasteiger partial charge in [0.25, 0.3) is 0 Å². The smallest absolute Gasteiger partial charge is 0.295 e. The van der Waals surface area contributed by atoms with E-state index in [1.165, 1.54) is 31.2 Å². The highest BCUT2D eigenvalue weighted by molar-refractivity contribution is 6.30. The van der Waals surface area contributed by atoms with Crippen LogP contribution in [0.2, 0.25) is 5.02 Å². The number of hydrogen-bond donors (Lipinski definition) is 0. The minimum atomic E-state index is -4.43. The van der Waals surface area contributed by atoms with Crippen molar-refractivity contribution in [3.8, 4) is 5.69 Å². The zero-order valence-electron chi connectivity index (χ0n) is 8.79. The van der Waals surface area contributed by atoms with Crippen LogP contribution in [0.1, 0.15) is 11.4 Å². The zero-order valence-corrected chi connectivity index (χ0v) is 9.55. The van der Waals surface area contributed by atoms with Gasteiger partial charge in [-0.25, -0.2) is 4.98 Å². The summed E-state index contributed by atoms with van der Waals surface area (Å²) in [6, 6.07) is 6.09. The van der Waals surface area contributed by atoms with Crippen molar-refractivity contribution < 1.29 is 13.2 Å². The summed E-state index contributed by atoms with van der Waals surface area (Å²) in [7, 11) is 0. The van der Waals surface area contributed by atoms with Gasteiger partial charge in [-0.3, -0.25) is 4.57 Å². The normalized spacial score (nSPS) is 11.8. The van der Waals surface area contributed by atoms with E-state index in [0.717, 1.165) is 10.9 Å². The molecule has 2 nitrogen and oxygen atoms in total. The Morgan fingerprint density at radius 2 is 1.76 bits per heavy atom. The van der Waals surface area contributed by atoms with Gasteiger partial charge in [0.2, 0.25) is 0 Å². The van der Waals surface area contributed by atoms with Gasteiger partial charge in [0.1, 0.15) is 0 Å². The summed E-state index contributed by atoms with van der Waals surface area (Å²) in [5.41, 5.74) is -0.436. The first-order chi connectivity index (χ1) is 7.89. The Bertz CT molecular complexity index is 529. The maximum atomic E-state index is 12.8. The fourth-order valence-corrected chi connectivity index (χ4v) is 1.70. The van der Waals surface area contributed by atoms with E-state index in [-0.39, 0.29) is 5.69 Å². The molecule has 0 amide bonds. The lowest BCUT2D eigenvalue weighted by atomic mass is 10.3. The monoisotopic (exact) mass is 260 g/mol. The topological polar surface area (TPSA) is 17.8 Å². The number of aromatic nitrogens is 2. The van der Waals surface area contributed by atoms with E-state index in [9.17, 15) is 13.2 Å². The third-order valence-corrected chi connectivity index (χ3v) is 2.58. The number of imidazole rings is 1. The summed E-state index contributed by atoms with van der Waals surface area (Å²) in [4.78, 5) is 3.69. The number of benzene rings is 1. The number of nitrogens with zero attached hydrogens (tertiary/aromatic N) is 2. The van der Waals surface area contributed by atoms with E-state index in [0.29, 0.717) is 10.7 Å². The Kier molecular flexibility index (Phi) is 2.87. The Labute approximate surface area is 101 Å². The minimum Gasteiger partial charge on any atom is -0.295 e. The maximum Gasteiger partial charge on any atom is 0.433 e. The highest BCUT2D eigenvalue weighted by Gasteiger charge is 2.37. The first kappa shape index (κ1) is 12.0. The molecule has 0 bridgehead atoms. The summed E-state index contributed by atoms with van der Waals surface area (Å²) in [6.45, 7) is 1.33. The molecule has 0 fully saturated rings. The average molecular weight is 261 g/mol. The van der Waals surface area contributed by atoms with E-state index in [4.69, 9.17) is 11.6 Å². The molecule has 0 N–H and O–H groups in total. The van der Waals surface area contributed by atoms with Gasteiger partial charge in [-0.15, -0.1) is 0 Å². The second-order valence-electron chi connectivity index (χ2n) is 3.52. The van der Waals surface area contributed by atoms with Gasteiger partial charge in [0, 0.05) is 10.7 Å². The Balaban J connectivity index is 2.57. The standard InChI is InChI=1S/C11H8ClF3N2/c1-7-10(11(13,14)15)17(6-16-7)9-4-2-8(12)3-5-9/h2-6H,1H3. The molecule has 6 heteroatoms. The van der Waals surface area contributed by atoms with Crippen molar-refractivity contribution in [1.82, 2.24) is 9.55 Å². The van der Waals surface area contributed by atoms with Crippen LogP contribution in [0.15, 0.2) is 30.6 Å². The maximum absolute atomic E-state index is 12.8. The van der Waals surface area contributed by atoms with E-state index < -0.39 is 11.9 Å². The van der Waals surface area contributed by atoms with Crippen LogP contribution in [0.3, 0.4) is 0 Å². The number of aryl methyl sites for hydroxylation is 1. The predicted molar refractivity (Wildman–Crippen MR) is 58.3 cm³/mol. The molecule has 17 heavy (non-hydrogen) atoms. The molecule has 0 radical (unpaired) electrons. The van der Waals surface area contributed by atoms with Crippen molar-refractivity contribution in [2.45, 2.75) is 13.1 Å². The van der Waals surface area contributed by atoms with Gasteiger partial charge in [-0.1, -0.05) is 11.6 Å². The second kappa shape index (κ2) is 4.07. The fourth-order valence-electron chi connectivity index (χ4n) is 1.58. The lowest BCUT2D eigenvalue weighted by Crippen LogP contribution is -2.13. The van der Waals surface area contributed by atoms with Crippen molar-refractivity contribution in [1.29, 1.82) is 0 Å². The van der Waals surface area contributed by atoms with Gasteiger partial charge < -0.3 is 0 Å². The highest BCUT2D eigenvalue weighted by atomic mass is 35.5. The van der Waals surface area contributed by atoms with Crippen LogP contribution in [0, 0.1) is 6.92 Å². The summed E-state index contributed by atoms with van der Waals surface area (Å²) >= 11 is 5.69. The largest absolute Gasteiger partial charge is 0.433 e. The van der Waals surface area contributed by atoms with Crippen LogP contribution in [0.5, 0.6) is 0 Å². The Hall–Kier alpha value is -1.49. The number of halogens is 4. The third kappa shape index (κ3) is 2.29. The average Bonchev–Trinajstić information content (AvgIpc) is 2.61. The minimum absolute atomic E-state index is 0.0487. The van der Waals surface area contributed by atoms with E-state index in [2.05, 4.69) is 4.98 Å².